The molecule has 2 aromatic rings. The maximum atomic E-state index is 12.3. The van der Waals surface area contributed by atoms with Crippen LogP contribution in [0.3, 0.4) is 0 Å². The van der Waals surface area contributed by atoms with E-state index in [2.05, 4.69) is 27.3 Å². The van der Waals surface area contributed by atoms with Gasteiger partial charge in [-0.2, -0.15) is 5.10 Å². The van der Waals surface area contributed by atoms with Crippen molar-refractivity contribution in [3.8, 4) is 5.82 Å². The first-order valence-electron chi connectivity index (χ1n) is 7.34. The van der Waals surface area contributed by atoms with Crippen molar-refractivity contribution in [2.45, 2.75) is 38.6 Å². The number of pyridine rings is 1. The number of nitrogens with one attached hydrogen (secondary N) is 1. The number of rotatable bonds is 3. The van der Waals surface area contributed by atoms with Crippen molar-refractivity contribution in [2.75, 3.05) is 0 Å². The number of carbonyl (C=O) groups excluding carboxylic acids is 1. The van der Waals surface area contributed by atoms with Crippen LogP contribution in [0.15, 0.2) is 31.0 Å². The standard InChI is InChI=1S/C15H19N5O/c1-11-2-4-13(5-3-11)19-15(21)12-6-7-17-14(8-12)20-10-16-9-18-20/h6-11,13H,2-5H2,1H3,(H,19,21). The van der Waals surface area contributed by atoms with Crippen LogP contribution in [0.25, 0.3) is 5.82 Å². The minimum atomic E-state index is -0.0432. The van der Waals surface area contributed by atoms with E-state index in [1.165, 1.54) is 19.2 Å². The van der Waals surface area contributed by atoms with Gasteiger partial charge < -0.3 is 5.32 Å². The fraction of sp³-hybridized carbons (Fsp3) is 0.467. The third-order valence-corrected chi connectivity index (χ3v) is 4.01. The van der Waals surface area contributed by atoms with Crippen molar-refractivity contribution in [3.63, 3.8) is 0 Å². The normalized spacial score (nSPS) is 22.0. The molecule has 1 amide bonds. The lowest BCUT2D eigenvalue weighted by Crippen LogP contribution is -2.37. The SMILES string of the molecule is CC1CCC(NC(=O)c2ccnc(-n3cncn3)c2)CC1. The van der Waals surface area contributed by atoms with Gasteiger partial charge in [-0.15, -0.1) is 0 Å². The fourth-order valence-corrected chi connectivity index (χ4v) is 2.68. The van der Waals surface area contributed by atoms with E-state index in [0.717, 1.165) is 18.8 Å². The predicted molar refractivity (Wildman–Crippen MR) is 78.0 cm³/mol. The van der Waals surface area contributed by atoms with Crippen LogP contribution in [0.1, 0.15) is 43.0 Å². The summed E-state index contributed by atoms with van der Waals surface area (Å²) in [6, 6.07) is 3.74. The zero-order valence-electron chi connectivity index (χ0n) is 12.1. The molecule has 21 heavy (non-hydrogen) atoms. The number of hydrogen-bond donors (Lipinski definition) is 1. The maximum Gasteiger partial charge on any atom is 0.251 e. The van der Waals surface area contributed by atoms with Crippen LogP contribution < -0.4 is 5.32 Å². The van der Waals surface area contributed by atoms with Gasteiger partial charge in [-0.25, -0.2) is 14.6 Å². The molecule has 0 spiro atoms. The topological polar surface area (TPSA) is 72.7 Å². The average molecular weight is 285 g/mol. The van der Waals surface area contributed by atoms with Crippen molar-refractivity contribution >= 4 is 5.91 Å². The van der Waals surface area contributed by atoms with E-state index in [1.54, 1.807) is 29.3 Å². The number of aromatic nitrogens is 4. The van der Waals surface area contributed by atoms with Crippen LogP contribution in [0, 0.1) is 5.92 Å². The van der Waals surface area contributed by atoms with E-state index in [0.29, 0.717) is 11.4 Å². The van der Waals surface area contributed by atoms with Gasteiger partial charge in [0.2, 0.25) is 0 Å². The van der Waals surface area contributed by atoms with Crippen molar-refractivity contribution in [2.24, 2.45) is 5.92 Å². The number of hydrogen-bond acceptors (Lipinski definition) is 4. The second kappa shape index (κ2) is 6.03. The Balaban J connectivity index is 1.69. The molecular weight excluding hydrogens is 266 g/mol. The Morgan fingerprint density at radius 2 is 2.14 bits per heavy atom. The molecule has 1 fully saturated rings. The Morgan fingerprint density at radius 1 is 1.33 bits per heavy atom. The molecule has 6 heteroatoms. The second-order valence-corrected chi connectivity index (χ2v) is 5.67. The molecule has 1 aliphatic rings. The van der Waals surface area contributed by atoms with Crippen LogP contribution in [0.2, 0.25) is 0 Å². The minimum absolute atomic E-state index is 0.0432. The summed E-state index contributed by atoms with van der Waals surface area (Å²) < 4.78 is 1.54. The first-order chi connectivity index (χ1) is 10.2. The Morgan fingerprint density at radius 3 is 2.86 bits per heavy atom. The summed E-state index contributed by atoms with van der Waals surface area (Å²) in [5, 5.41) is 7.14. The maximum absolute atomic E-state index is 12.3. The van der Waals surface area contributed by atoms with Gasteiger partial charge in [0.15, 0.2) is 5.82 Å². The van der Waals surface area contributed by atoms with Crippen molar-refractivity contribution in [1.29, 1.82) is 0 Å². The van der Waals surface area contributed by atoms with Gasteiger partial charge in [0.1, 0.15) is 12.7 Å². The molecule has 1 saturated carbocycles. The lowest BCUT2D eigenvalue weighted by molar-refractivity contribution is 0.0923. The molecular formula is C15H19N5O. The number of carbonyl (C=O) groups is 1. The molecule has 0 radical (unpaired) electrons. The van der Waals surface area contributed by atoms with Crippen LogP contribution in [-0.4, -0.2) is 31.7 Å². The van der Waals surface area contributed by atoms with Crippen LogP contribution >= 0.6 is 0 Å². The van der Waals surface area contributed by atoms with Gasteiger partial charge in [-0.3, -0.25) is 4.79 Å². The molecule has 0 unspecified atom stereocenters. The summed E-state index contributed by atoms with van der Waals surface area (Å²) in [5.41, 5.74) is 0.606. The molecule has 110 valence electrons. The van der Waals surface area contributed by atoms with Crippen LogP contribution in [0.5, 0.6) is 0 Å². The van der Waals surface area contributed by atoms with E-state index >= 15 is 0 Å². The quantitative estimate of drug-likeness (QED) is 0.935. The zero-order chi connectivity index (χ0) is 14.7. The number of nitrogens with zero attached hydrogens (tertiary/aromatic N) is 4. The third kappa shape index (κ3) is 3.26. The molecule has 2 heterocycles. The highest BCUT2D eigenvalue weighted by Gasteiger charge is 2.20. The monoisotopic (exact) mass is 285 g/mol. The minimum Gasteiger partial charge on any atom is -0.349 e. The van der Waals surface area contributed by atoms with Gasteiger partial charge in [0.25, 0.3) is 5.91 Å². The molecule has 0 aromatic carbocycles. The van der Waals surface area contributed by atoms with Crippen molar-refractivity contribution in [1.82, 2.24) is 25.1 Å². The Hall–Kier alpha value is -2.24. The van der Waals surface area contributed by atoms with Crippen LogP contribution in [-0.2, 0) is 0 Å². The predicted octanol–water partition coefficient (Wildman–Crippen LogP) is 1.97. The van der Waals surface area contributed by atoms with E-state index in [9.17, 15) is 4.79 Å². The zero-order valence-corrected chi connectivity index (χ0v) is 12.1. The van der Waals surface area contributed by atoms with Gasteiger partial charge in [0, 0.05) is 17.8 Å². The highest BCUT2D eigenvalue weighted by molar-refractivity contribution is 5.94. The summed E-state index contributed by atoms with van der Waals surface area (Å²) in [5.74, 6) is 1.33. The fourth-order valence-electron chi connectivity index (χ4n) is 2.68. The smallest absolute Gasteiger partial charge is 0.251 e. The molecule has 2 aromatic heterocycles. The van der Waals surface area contributed by atoms with E-state index < -0.39 is 0 Å². The van der Waals surface area contributed by atoms with Gasteiger partial charge in [-0.05, 0) is 43.7 Å². The van der Waals surface area contributed by atoms with E-state index in [-0.39, 0.29) is 11.9 Å². The molecule has 0 aliphatic heterocycles. The molecule has 1 N–H and O–H groups in total. The Labute approximate surface area is 123 Å². The highest BCUT2D eigenvalue weighted by atomic mass is 16.1. The van der Waals surface area contributed by atoms with Crippen LogP contribution in [0.4, 0.5) is 0 Å². The lowest BCUT2D eigenvalue weighted by atomic mass is 9.87. The van der Waals surface area contributed by atoms with E-state index in [4.69, 9.17) is 0 Å². The molecule has 0 saturated heterocycles. The Bertz CT molecular complexity index is 602. The summed E-state index contributed by atoms with van der Waals surface area (Å²) in [4.78, 5) is 20.4. The molecule has 6 nitrogen and oxygen atoms in total. The molecule has 1 aliphatic carbocycles. The average Bonchev–Trinajstić information content (AvgIpc) is 3.04. The van der Waals surface area contributed by atoms with Crippen molar-refractivity contribution < 1.29 is 4.79 Å². The van der Waals surface area contributed by atoms with Gasteiger partial charge >= 0.3 is 0 Å². The highest BCUT2D eigenvalue weighted by Crippen LogP contribution is 2.23. The first kappa shape index (κ1) is 13.7. The molecule has 3 rings (SSSR count). The summed E-state index contributed by atoms with van der Waals surface area (Å²) in [6.07, 6.45) is 9.12. The molecule has 0 bridgehead atoms. The summed E-state index contributed by atoms with van der Waals surface area (Å²) in [7, 11) is 0. The third-order valence-electron chi connectivity index (χ3n) is 4.01. The molecule has 0 atom stereocenters. The van der Waals surface area contributed by atoms with Gasteiger partial charge in [0.05, 0.1) is 0 Å². The first-order valence-corrected chi connectivity index (χ1v) is 7.34. The lowest BCUT2D eigenvalue weighted by Gasteiger charge is -2.26. The Kier molecular flexibility index (Phi) is 3.94. The summed E-state index contributed by atoms with van der Waals surface area (Å²) >= 11 is 0. The largest absolute Gasteiger partial charge is 0.349 e. The summed E-state index contributed by atoms with van der Waals surface area (Å²) in [6.45, 7) is 2.27. The second-order valence-electron chi connectivity index (χ2n) is 5.67. The van der Waals surface area contributed by atoms with Gasteiger partial charge in [-0.1, -0.05) is 6.92 Å². The van der Waals surface area contributed by atoms with E-state index in [1.807, 2.05) is 0 Å². The van der Waals surface area contributed by atoms with Crippen molar-refractivity contribution in [3.05, 3.63) is 36.5 Å². The number of amides is 1.